The number of amides is 4. The summed E-state index contributed by atoms with van der Waals surface area (Å²) in [5.41, 5.74) is 4.24. The Morgan fingerprint density at radius 1 is 1.11 bits per heavy atom. The number of nitrogens with zero attached hydrogens (tertiary/aromatic N) is 5. The highest BCUT2D eigenvalue weighted by Gasteiger charge is 2.42. The minimum Gasteiger partial charge on any atom is -0.348 e. The number of hydrogen-bond acceptors (Lipinski definition) is 7. The van der Waals surface area contributed by atoms with Crippen LogP contribution in [-0.4, -0.2) is 49.5 Å². The monoisotopic (exact) mass is 494 g/mol. The van der Waals surface area contributed by atoms with Gasteiger partial charge in [-0.3, -0.25) is 19.9 Å². The number of urea groups is 1. The Morgan fingerprint density at radius 3 is 2.54 bits per heavy atom. The zero-order valence-electron chi connectivity index (χ0n) is 20.3. The number of rotatable bonds is 5. The molecule has 0 saturated carbocycles. The van der Waals surface area contributed by atoms with Crippen LogP contribution in [0.5, 0.6) is 0 Å². The molecule has 37 heavy (non-hydrogen) atoms. The van der Waals surface area contributed by atoms with Crippen molar-refractivity contribution >= 4 is 23.5 Å². The van der Waals surface area contributed by atoms with Crippen molar-refractivity contribution in [2.24, 2.45) is 0 Å². The van der Waals surface area contributed by atoms with Crippen molar-refractivity contribution in [3.05, 3.63) is 71.3 Å². The van der Waals surface area contributed by atoms with Crippen LogP contribution in [0.3, 0.4) is 0 Å². The fraction of sp³-hybridized carbons (Fsp3) is 0.192. The Labute approximate surface area is 211 Å². The van der Waals surface area contributed by atoms with Gasteiger partial charge in [0.25, 0.3) is 11.8 Å². The fourth-order valence-electron chi connectivity index (χ4n) is 4.29. The van der Waals surface area contributed by atoms with E-state index in [1.807, 2.05) is 32.0 Å². The van der Waals surface area contributed by atoms with E-state index in [0.29, 0.717) is 22.5 Å². The number of imide groups is 1. The summed E-state index contributed by atoms with van der Waals surface area (Å²) < 4.78 is 1.58. The molecule has 4 amide bonds. The molecule has 1 atom stereocenters. The van der Waals surface area contributed by atoms with E-state index in [-0.39, 0.29) is 12.2 Å². The molecule has 1 aromatic carbocycles. The van der Waals surface area contributed by atoms with Gasteiger partial charge in [-0.15, -0.1) is 0 Å². The Balaban J connectivity index is 1.59. The van der Waals surface area contributed by atoms with Gasteiger partial charge in [0.05, 0.1) is 17.2 Å². The summed E-state index contributed by atoms with van der Waals surface area (Å²) in [6.07, 6.45) is 1.63. The second-order valence-corrected chi connectivity index (χ2v) is 9.06. The third kappa shape index (κ3) is 4.36. The first-order valence-corrected chi connectivity index (χ1v) is 11.4. The van der Waals surface area contributed by atoms with E-state index in [1.165, 1.54) is 13.0 Å². The maximum absolute atomic E-state index is 13.0. The number of hydrogen-bond donors (Lipinski definition) is 3. The quantitative estimate of drug-likeness (QED) is 0.360. The van der Waals surface area contributed by atoms with Crippen molar-refractivity contribution in [1.82, 2.24) is 35.5 Å². The van der Waals surface area contributed by atoms with E-state index in [2.05, 4.69) is 32.0 Å². The van der Waals surface area contributed by atoms with Crippen LogP contribution in [-0.2, 0) is 4.79 Å². The number of fused-ring (bicyclic) bond motifs is 1. The van der Waals surface area contributed by atoms with Gasteiger partial charge < -0.3 is 10.6 Å². The highest BCUT2D eigenvalue weighted by atomic mass is 16.2. The van der Waals surface area contributed by atoms with Crippen LogP contribution >= 0.6 is 0 Å². The molecule has 1 aliphatic heterocycles. The first kappa shape index (κ1) is 23.6. The third-order valence-electron chi connectivity index (χ3n) is 6.07. The number of nitrogens with one attached hydrogen (secondary N) is 3. The molecule has 4 aromatic rings. The lowest BCUT2D eigenvalue weighted by Gasteiger charge is -2.20. The van der Waals surface area contributed by atoms with Crippen molar-refractivity contribution in [3.8, 4) is 28.5 Å². The summed E-state index contributed by atoms with van der Waals surface area (Å²) >= 11 is 0. The van der Waals surface area contributed by atoms with E-state index in [0.717, 1.165) is 22.5 Å². The fourth-order valence-corrected chi connectivity index (χ4v) is 4.29. The molecule has 11 heteroatoms. The molecule has 1 aliphatic rings. The molecule has 1 fully saturated rings. The number of benzene rings is 1. The summed E-state index contributed by atoms with van der Waals surface area (Å²) in [4.78, 5) is 45.7. The van der Waals surface area contributed by atoms with Crippen LogP contribution in [0.2, 0.25) is 0 Å². The second-order valence-electron chi connectivity index (χ2n) is 9.06. The van der Waals surface area contributed by atoms with Gasteiger partial charge in [0.2, 0.25) is 0 Å². The van der Waals surface area contributed by atoms with Gasteiger partial charge in [0.15, 0.2) is 5.65 Å². The standard InChI is InChI=1S/C26H22N8O3/c1-14-9-18(10-15(2)29-14)20-21(17-6-4-5-16(11-17)12-27)33-34-8-7-19(30-22(20)34)23(35)28-13-26(3)24(36)31-25(37)32-26/h4-11H,13H2,1-3H3,(H,28,35)(H2,31,32,36,37). The van der Waals surface area contributed by atoms with E-state index in [1.54, 1.807) is 28.9 Å². The van der Waals surface area contributed by atoms with Gasteiger partial charge >= 0.3 is 6.03 Å². The molecule has 0 spiro atoms. The number of nitriles is 1. The normalized spacial score (nSPS) is 16.8. The van der Waals surface area contributed by atoms with Crippen molar-refractivity contribution < 1.29 is 14.4 Å². The lowest BCUT2D eigenvalue weighted by atomic mass is 9.99. The Bertz CT molecular complexity index is 1630. The molecule has 184 valence electrons. The molecule has 1 unspecified atom stereocenters. The van der Waals surface area contributed by atoms with Crippen molar-refractivity contribution in [2.45, 2.75) is 26.3 Å². The lowest BCUT2D eigenvalue weighted by Crippen LogP contribution is -2.52. The van der Waals surface area contributed by atoms with Gasteiger partial charge in [-0.2, -0.15) is 10.4 Å². The molecule has 5 rings (SSSR count). The van der Waals surface area contributed by atoms with Crippen molar-refractivity contribution in [2.75, 3.05) is 6.54 Å². The second kappa shape index (κ2) is 8.83. The average Bonchev–Trinajstić information content (AvgIpc) is 3.37. The molecule has 3 N–H and O–H groups in total. The zero-order valence-corrected chi connectivity index (χ0v) is 20.3. The molecule has 3 aromatic heterocycles. The SMILES string of the molecule is Cc1cc(-c2c(-c3cccc(C#N)c3)nn3ccc(C(=O)NCC4(C)NC(=O)NC4=O)nc23)cc(C)n1. The number of carbonyl (C=O) groups is 3. The first-order valence-electron chi connectivity index (χ1n) is 11.4. The topological polar surface area (TPSA) is 154 Å². The Hall–Kier alpha value is -5.11. The molecule has 0 radical (unpaired) electrons. The molecular weight excluding hydrogens is 472 g/mol. The van der Waals surface area contributed by atoms with Crippen molar-refractivity contribution in [3.63, 3.8) is 0 Å². The van der Waals surface area contributed by atoms with Gasteiger partial charge in [-0.1, -0.05) is 12.1 Å². The number of aryl methyl sites for hydroxylation is 2. The Kier molecular flexibility index (Phi) is 5.64. The van der Waals surface area contributed by atoms with E-state index in [4.69, 9.17) is 5.10 Å². The summed E-state index contributed by atoms with van der Waals surface area (Å²) in [7, 11) is 0. The number of aromatic nitrogens is 4. The van der Waals surface area contributed by atoms with Crippen LogP contribution in [0.4, 0.5) is 4.79 Å². The summed E-state index contributed by atoms with van der Waals surface area (Å²) in [6, 6.07) is 14.0. The van der Waals surface area contributed by atoms with Crippen LogP contribution < -0.4 is 16.0 Å². The van der Waals surface area contributed by atoms with Crippen LogP contribution in [0.1, 0.15) is 34.4 Å². The summed E-state index contributed by atoms with van der Waals surface area (Å²) in [6.45, 7) is 5.19. The maximum Gasteiger partial charge on any atom is 0.322 e. The van der Waals surface area contributed by atoms with Crippen LogP contribution in [0.15, 0.2) is 48.7 Å². The average molecular weight is 495 g/mol. The lowest BCUT2D eigenvalue weighted by molar-refractivity contribution is -0.123. The highest BCUT2D eigenvalue weighted by molar-refractivity contribution is 6.07. The predicted octanol–water partition coefficient (Wildman–Crippen LogP) is 2.27. The van der Waals surface area contributed by atoms with E-state index in [9.17, 15) is 19.6 Å². The zero-order chi connectivity index (χ0) is 26.3. The molecule has 4 heterocycles. The maximum atomic E-state index is 13.0. The predicted molar refractivity (Wildman–Crippen MR) is 133 cm³/mol. The van der Waals surface area contributed by atoms with Gasteiger partial charge in [-0.05, 0) is 56.7 Å². The molecule has 11 nitrogen and oxygen atoms in total. The molecule has 0 aliphatic carbocycles. The molecule has 1 saturated heterocycles. The minimum absolute atomic E-state index is 0.113. The van der Waals surface area contributed by atoms with Gasteiger partial charge in [0, 0.05) is 29.7 Å². The van der Waals surface area contributed by atoms with E-state index < -0.39 is 23.4 Å². The summed E-state index contributed by atoms with van der Waals surface area (Å²) in [5, 5.41) is 21.5. The van der Waals surface area contributed by atoms with Gasteiger partial charge in [0.1, 0.15) is 16.9 Å². The largest absolute Gasteiger partial charge is 0.348 e. The van der Waals surface area contributed by atoms with Crippen LogP contribution in [0, 0.1) is 25.2 Å². The number of pyridine rings is 1. The van der Waals surface area contributed by atoms with Gasteiger partial charge in [-0.25, -0.2) is 14.3 Å². The molecule has 0 bridgehead atoms. The Morgan fingerprint density at radius 2 is 1.86 bits per heavy atom. The summed E-state index contributed by atoms with van der Waals surface area (Å²) in [5.74, 6) is -1.04. The van der Waals surface area contributed by atoms with E-state index >= 15 is 0 Å². The number of carbonyl (C=O) groups excluding carboxylic acids is 3. The third-order valence-corrected chi connectivity index (χ3v) is 6.07. The smallest absolute Gasteiger partial charge is 0.322 e. The highest BCUT2D eigenvalue weighted by Crippen LogP contribution is 2.35. The minimum atomic E-state index is -1.26. The van der Waals surface area contributed by atoms with Crippen LogP contribution in [0.25, 0.3) is 28.0 Å². The first-order chi connectivity index (χ1) is 17.7. The molecular formula is C26H22N8O3. The van der Waals surface area contributed by atoms with Crippen molar-refractivity contribution in [1.29, 1.82) is 5.26 Å².